The number of carbonyl (C=O) groups excluding carboxylic acids is 2. The molecule has 108 valence electrons. The van der Waals surface area contributed by atoms with E-state index in [1.54, 1.807) is 4.90 Å². The molecule has 1 aliphatic heterocycles. The molecule has 2 amide bonds. The molecule has 1 aliphatic carbocycles. The van der Waals surface area contributed by atoms with Crippen LogP contribution in [0.25, 0.3) is 10.4 Å². The van der Waals surface area contributed by atoms with E-state index in [4.69, 9.17) is 5.53 Å². The van der Waals surface area contributed by atoms with Crippen molar-refractivity contribution in [2.24, 2.45) is 22.4 Å². The van der Waals surface area contributed by atoms with E-state index in [-0.39, 0.29) is 11.8 Å². The molecule has 6 nitrogen and oxygen atoms in total. The summed E-state index contributed by atoms with van der Waals surface area (Å²) in [6.07, 6.45) is 0.703. The SMILES string of the molecule is CC1CC12C(=O)N(Cc1ccccc1)CC2C(=O)N=[N+]=[N-]. The van der Waals surface area contributed by atoms with Crippen molar-refractivity contribution >= 4 is 11.8 Å². The number of azide groups is 1. The van der Waals surface area contributed by atoms with Crippen LogP contribution in [0, 0.1) is 17.3 Å². The van der Waals surface area contributed by atoms with Crippen molar-refractivity contribution in [2.45, 2.75) is 19.9 Å². The predicted octanol–water partition coefficient (Wildman–Crippen LogP) is 2.51. The second kappa shape index (κ2) is 4.90. The number of amides is 2. The first-order valence-electron chi connectivity index (χ1n) is 7.02. The van der Waals surface area contributed by atoms with Crippen LogP contribution in [0.15, 0.2) is 35.4 Å². The molecular formula is C15H16N4O2. The van der Waals surface area contributed by atoms with E-state index in [9.17, 15) is 9.59 Å². The molecule has 3 rings (SSSR count). The monoisotopic (exact) mass is 284 g/mol. The van der Waals surface area contributed by atoms with Gasteiger partial charge >= 0.3 is 0 Å². The summed E-state index contributed by atoms with van der Waals surface area (Å²) in [5.41, 5.74) is 8.87. The zero-order valence-electron chi connectivity index (χ0n) is 11.8. The molecular weight excluding hydrogens is 268 g/mol. The smallest absolute Gasteiger partial charge is 0.230 e. The van der Waals surface area contributed by atoms with E-state index < -0.39 is 17.2 Å². The first-order valence-corrected chi connectivity index (χ1v) is 7.02. The van der Waals surface area contributed by atoms with Crippen molar-refractivity contribution in [3.63, 3.8) is 0 Å². The van der Waals surface area contributed by atoms with Crippen LogP contribution in [0.3, 0.4) is 0 Å². The second-order valence-corrected chi connectivity index (χ2v) is 5.90. The van der Waals surface area contributed by atoms with Gasteiger partial charge in [-0.05, 0) is 28.5 Å². The Morgan fingerprint density at radius 1 is 1.48 bits per heavy atom. The quantitative estimate of drug-likeness (QED) is 0.485. The number of carbonyl (C=O) groups is 2. The minimum atomic E-state index is -0.625. The van der Waals surface area contributed by atoms with Crippen molar-refractivity contribution in [3.05, 3.63) is 46.3 Å². The van der Waals surface area contributed by atoms with Gasteiger partial charge in [0.1, 0.15) is 0 Å². The Balaban J connectivity index is 1.84. The van der Waals surface area contributed by atoms with E-state index >= 15 is 0 Å². The van der Waals surface area contributed by atoms with Gasteiger partial charge in [-0.1, -0.05) is 37.3 Å². The Morgan fingerprint density at radius 3 is 2.71 bits per heavy atom. The van der Waals surface area contributed by atoms with Gasteiger partial charge in [0.15, 0.2) is 0 Å². The molecule has 1 aromatic carbocycles. The summed E-state index contributed by atoms with van der Waals surface area (Å²) in [5.74, 6) is -0.815. The van der Waals surface area contributed by atoms with E-state index in [1.165, 1.54) is 0 Å². The molecule has 0 bridgehead atoms. The van der Waals surface area contributed by atoms with Crippen LogP contribution < -0.4 is 0 Å². The number of likely N-dealkylation sites (tertiary alicyclic amines) is 1. The van der Waals surface area contributed by atoms with Crippen LogP contribution in [-0.4, -0.2) is 23.3 Å². The average molecular weight is 284 g/mol. The van der Waals surface area contributed by atoms with Gasteiger partial charge in [-0.25, -0.2) is 0 Å². The van der Waals surface area contributed by atoms with Gasteiger partial charge in [-0.3, -0.25) is 9.59 Å². The van der Waals surface area contributed by atoms with Gasteiger partial charge in [0.05, 0.1) is 11.3 Å². The highest BCUT2D eigenvalue weighted by molar-refractivity contribution is 5.96. The predicted molar refractivity (Wildman–Crippen MR) is 75.7 cm³/mol. The maximum atomic E-state index is 12.7. The number of rotatable bonds is 3. The Hall–Kier alpha value is -2.33. The molecule has 21 heavy (non-hydrogen) atoms. The molecule has 0 aromatic heterocycles. The Labute approximate surface area is 122 Å². The summed E-state index contributed by atoms with van der Waals surface area (Å²) in [6, 6.07) is 9.69. The van der Waals surface area contributed by atoms with Gasteiger partial charge in [-0.15, -0.1) is 0 Å². The third-order valence-electron chi connectivity index (χ3n) is 4.73. The van der Waals surface area contributed by atoms with E-state index in [0.717, 1.165) is 5.56 Å². The number of hydrogen-bond donors (Lipinski definition) is 0. The Bertz CT molecular complexity index is 638. The Kier molecular flexibility index (Phi) is 3.18. The van der Waals surface area contributed by atoms with E-state index in [0.29, 0.717) is 19.5 Å². The van der Waals surface area contributed by atoms with Crippen LogP contribution in [0.5, 0.6) is 0 Å². The lowest BCUT2D eigenvalue weighted by Crippen LogP contribution is -2.28. The fourth-order valence-electron chi connectivity index (χ4n) is 3.49. The van der Waals surface area contributed by atoms with Gasteiger partial charge in [0.2, 0.25) is 11.8 Å². The highest BCUT2D eigenvalue weighted by atomic mass is 16.2. The maximum Gasteiger partial charge on any atom is 0.230 e. The van der Waals surface area contributed by atoms with Crippen LogP contribution >= 0.6 is 0 Å². The zero-order valence-corrected chi connectivity index (χ0v) is 11.8. The third-order valence-corrected chi connectivity index (χ3v) is 4.73. The third kappa shape index (κ3) is 2.08. The lowest BCUT2D eigenvalue weighted by Gasteiger charge is -2.16. The van der Waals surface area contributed by atoms with Crippen LogP contribution in [0.1, 0.15) is 18.9 Å². The molecule has 3 unspecified atom stereocenters. The van der Waals surface area contributed by atoms with Crippen molar-refractivity contribution in [1.29, 1.82) is 0 Å². The van der Waals surface area contributed by atoms with Crippen LogP contribution in [0.2, 0.25) is 0 Å². The minimum absolute atomic E-state index is 0.0188. The topological polar surface area (TPSA) is 86.1 Å². The zero-order chi connectivity index (χ0) is 15.0. The molecule has 2 fully saturated rings. The lowest BCUT2D eigenvalue weighted by molar-refractivity contribution is -0.135. The maximum absolute atomic E-state index is 12.7. The van der Waals surface area contributed by atoms with Crippen molar-refractivity contribution in [3.8, 4) is 0 Å². The molecule has 1 saturated carbocycles. The largest absolute Gasteiger partial charge is 0.337 e. The normalized spacial score (nSPS) is 30.3. The summed E-state index contributed by atoms with van der Waals surface area (Å²) < 4.78 is 0. The minimum Gasteiger partial charge on any atom is -0.337 e. The first kappa shape index (κ1) is 13.6. The van der Waals surface area contributed by atoms with E-state index in [2.05, 4.69) is 10.0 Å². The summed E-state index contributed by atoms with van der Waals surface area (Å²) in [6.45, 7) is 2.81. The van der Waals surface area contributed by atoms with Crippen LogP contribution in [-0.2, 0) is 16.1 Å². The fourth-order valence-corrected chi connectivity index (χ4v) is 3.49. The highest BCUT2D eigenvalue weighted by Crippen LogP contribution is 2.62. The summed E-state index contributed by atoms with van der Waals surface area (Å²) in [5, 5.41) is 3.22. The van der Waals surface area contributed by atoms with Gasteiger partial charge in [-0.2, -0.15) is 0 Å². The van der Waals surface area contributed by atoms with Gasteiger partial charge < -0.3 is 4.90 Å². The molecule has 0 N–H and O–H groups in total. The van der Waals surface area contributed by atoms with Gasteiger partial charge in [0, 0.05) is 18.0 Å². The number of hydrogen-bond acceptors (Lipinski definition) is 2. The van der Waals surface area contributed by atoms with Crippen molar-refractivity contribution < 1.29 is 9.59 Å². The summed E-state index contributed by atoms with van der Waals surface area (Å²) in [4.78, 5) is 28.9. The summed E-state index contributed by atoms with van der Waals surface area (Å²) in [7, 11) is 0. The molecule has 2 aliphatic rings. The fraction of sp³-hybridized carbons (Fsp3) is 0.467. The van der Waals surface area contributed by atoms with Gasteiger partial charge in [0.25, 0.3) is 0 Å². The Morgan fingerprint density at radius 2 is 2.14 bits per heavy atom. The molecule has 3 atom stereocenters. The average Bonchev–Trinajstić information content (AvgIpc) is 3.08. The summed E-state index contributed by atoms with van der Waals surface area (Å²) >= 11 is 0. The number of benzene rings is 1. The standard InChI is InChI=1S/C15H16N4O2/c1-10-7-15(10)12(13(20)17-18-16)9-19(14(15)21)8-11-5-3-2-4-6-11/h2-6,10,12H,7-9H2,1H3. The van der Waals surface area contributed by atoms with E-state index in [1.807, 2.05) is 37.3 Å². The van der Waals surface area contributed by atoms with Crippen molar-refractivity contribution in [2.75, 3.05) is 6.54 Å². The lowest BCUT2D eigenvalue weighted by atomic mass is 9.89. The molecule has 1 saturated heterocycles. The van der Waals surface area contributed by atoms with Crippen LogP contribution in [0.4, 0.5) is 0 Å². The first-order chi connectivity index (χ1) is 10.1. The molecule has 1 spiro atoms. The number of nitrogens with zero attached hydrogens (tertiary/aromatic N) is 4. The molecule has 1 aromatic rings. The van der Waals surface area contributed by atoms with Crippen molar-refractivity contribution in [1.82, 2.24) is 4.90 Å². The second-order valence-electron chi connectivity index (χ2n) is 5.90. The highest BCUT2D eigenvalue weighted by Gasteiger charge is 2.68. The molecule has 1 heterocycles. The molecule has 6 heteroatoms. The molecule has 0 radical (unpaired) electrons.